The molecule has 3 amide bonds. The molecule has 2 aliphatic rings. The van der Waals surface area contributed by atoms with Crippen LogP contribution in [0.1, 0.15) is 18.4 Å². The molecule has 168 valence electrons. The highest BCUT2D eigenvalue weighted by atomic mass is 35.5. The Morgan fingerprint density at radius 1 is 1.00 bits per heavy atom. The average Bonchev–Trinajstić information content (AvgIpc) is 2.93. The molecule has 0 atom stereocenters. The maximum Gasteiger partial charge on any atom is 0.246 e. The van der Waals surface area contributed by atoms with Gasteiger partial charge >= 0.3 is 0 Å². The summed E-state index contributed by atoms with van der Waals surface area (Å²) in [6.07, 6.45) is 4.34. The van der Waals surface area contributed by atoms with Crippen LogP contribution in [0.2, 0.25) is 10.0 Å². The first-order chi connectivity index (χ1) is 14.8. The summed E-state index contributed by atoms with van der Waals surface area (Å²) in [6.45, 7) is 4.91. The zero-order valence-electron chi connectivity index (χ0n) is 17.7. The third kappa shape index (κ3) is 6.69. The van der Waals surface area contributed by atoms with Crippen LogP contribution in [0.5, 0.6) is 0 Å². The molecule has 0 bridgehead atoms. The molecule has 2 heterocycles. The van der Waals surface area contributed by atoms with E-state index >= 15 is 0 Å². The monoisotopic (exact) mass is 466 g/mol. The summed E-state index contributed by atoms with van der Waals surface area (Å²) in [7, 11) is 1.82. The Morgan fingerprint density at radius 2 is 1.81 bits per heavy atom. The van der Waals surface area contributed by atoms with Gasteiger partial charge in [0.15, 0.2) is 0 Å². The van der Waals surface area contributed by atoms with Crippen molar-refractivity contribution in [3.8, 4) is 0 Å². The Morgan fingerprint density at radius 3 is 2.55 bits per heavy atom. The molecule has 0 saturated carbocycles. The van der Waals surface area contributed by atoms with Crippen molar-refractivity contribution in [3.05, 3.63) is 39.9 Å². The summed E-state index contributed by atoms with van der Waals surface area (Å²) in [5.74, 6) is 0.0788. The molecule has 1 aromatic carbocycles. The normalized spacial score (nSPS) is 18.7. The van der Waals surface area contributed by atoms with E-state index in [1.165, 1.54) is 6.08 Å². The van der Waals surface area contributed by atoms with Crippen molar-refractivity contribution in [1.29, 1.82) is 0 Å². The van der Waals surface area contributed by atoms with Gasteiger partial charge in [-0.25, -0.2) is 0 Å². The fourth-order valence-corrected chi connectivity index (χ4v) is 4.00. The topological polar surface area (TPSA) is 64.2 Å². The van der Waals surface area contributed by atoms with E-state index in [2.05, 4.69) is 4.90 Å². The highest BCUT2D eigenvalue weighted by Crippen LogP contribution is 2.23. The van der Waals surface area contributed by atoms with Crippen molar-refractivity contribution >= 4 is 47.0 Å². The van der Waals surface area contributed by atoms with Gasteiger partial charge in [0.05, 0.1) is 16.6 Å². The summed E-state index contributed by atoms with van der Waals surface area (Å²) in [5.41, 5.74) is 0.790. The quantitative estimate of drug-likeness (QED) is 0.603. The van der Waals surface area contributed by atoms with Gasteiger partial charge in [-0.1, -0.05) is 29.3 Å². The minimum absolute atomic E-state index is 0.0678. The molecule has 9 heteroatoms. The Bertz CT molecular complexity index is 861. The highest BCUT2D eigenvalue weighted by molar-refractivity contribution is 6.42. The molecule has 2 saturated heterocycles. The molecule has 7 nitrogen and oxygen atoms in total. The molecule has 0 N–H and O–H groups in total. The molecule has 0 aromatic heterocycles. The van der Waals surface area contributed by atoms with Crippen molar-refractivity contribution in [1.82, 2.24) is 19.6 Å². The van der Waals surface area contributed by atoms with Gasteiger partial charge in [0.25, 0.3) is 0 Å². The maximum atomic E-state index is 12.6. The first-order valence-electron chi connectivity index (χ1n) is 10.5. The standard InChI is InChI=1S/C22H28Cl2N4O3/c1-25-11-12-26(16-22(25)31)8-2-9-27-13-14-28(10-7-21(27)30)20(29)6-4-17-3-5-18(23)19(24)15-17/h3-6,15H,2,7-14,16H2,1H3. The van der Waals surface area contributed by atoms with E-state index in [-0.39, 0.29) is 17.7 Å². The maximum absolute atomic E-state index is 12.6. The fourth-order valence-electron chi connectivity index (χ4n) is 3.70. The van der Waals surface area contributed by atoms with Gasteiger partial charge in [-0.3, -0.25) is 19.3 Å². The summed E-state index contributed by atoms with van der Waals surface area (Å²) < 4.78 is 0. The lowest BCUT2D eigenvalue weighted by molar-refractivity contribution is -0.135. The second-order valence-electron chi connectivity index (χ2n) is 7.91. The van der Waals surface area contributed by atoms with Crippen LogP contribution >= 0.6 is 23.2 Å². The van der Waals surface area contributed by atoms with Crippen LogP contribution in [-0.2, 0) is 14.4 Å². The SMILES string of the molecule is CN1CCN(CCCN2CCN(C(=O)C=Cc3ccc(Cl)c(Cl)c3)CCC2=O)CC1=O. The second-order valence-corrected chi connectivity index (χ2v) is 8.72. The van der Waals surface area contributed by atoms with E-state index in [1.54, 1.807) is 34.1 Å². The minimum Gasteiger partial charge on any atom is -0.343 e. The van der Waals surface area contributed by atoms with Gasteiger partial charge in [0.2, 0.25) is 17.7 Å². The number of hydrogen-bond donors (Lipinski definition) is 0. The molecule has 3 rings (SSSR count). The number of piperazine rings is 1. The number of nitrogens with zero attached hydrogens (tertiary/aromatic N) is 4. The molecule has 31 heavy (non-hydrogen) atoms. The van der Waals surface area contributed by atoms with Gasteiger partial charge in [0.1, 0.15) is 0 Å². The van der Waals surface area contributed by atoms with Crippen molar-refractivity contribution in [3.63, 3.8) is 0 Å². The minimum atomic E-state index is -0.128. The van der Waals surface area contributed by atoms with Gasteiger partial charge < -0.3 is 14.7 Å². The number of benzene rings is 1. The van der Waals surface area contributed by atoms with Crippen LogP contribution in [0.25, 0.3) is 6.08 Å². The Kier molecular flexibility index (Phi) is 8.35. The summed E-state index contributed by atoms with van der Waals surface area (Å²) in [5, 5.41) is 0.906. The summed E-state index contributed by atoms with van der Waals surface area (Å²) in [4.78, 5) is 44.3. The van der Waals surface area contributed by atoms with E-state index in [0.29, 0.717) is 49.2 Å². The highest BCUT2D eigenvalue weighted by Gasteiger charge is 2.24. The van der Waals surface area contributed by atoms with Gasteiger partial charge in [-0.05, 0) is 30.2 Å². The average molecular weight is 467 g/mol. The number of halogens is 2. The number of rotatable bonds is 6. The molecule has 0 aliphatic carbocycles. The largest absolute Gasteiger partial charge is 0.343 e. The van der Waals surface area contributed by atoms with Gasteiger partial charge in [0, 0.05) is 65.4 Å². The summed E-state index contributed by atoms with van der Waals surface area (Å²) in [6, 6.07) is 5.18. The van der Waals surface area contributed by atoms with E-state index in [4.69, 9.17) is 23.2 Å². The van der Waals surface area contributed by atoms with Crippen LogP contribution < -0.4 is 0 Å². The molecule has 2 aliphatic heterocycles. The smallest absolute Gasteiger partial charge is 0.246 e. The lowest BCUT2D eigenvalue weighted by Gasteiger charge is -2.32. The molecule has 1 aromatic rings. The van der Waals surface area contributed by atoms with E-state index in [9.17, 15) is 14.4 Å². The first-order valence-corrected chi connectivity index (χ1v) is 11.2. The first kappa shape index (κ1) is 23.6. The Balaban J connectivity index is 1.46. The molecular weight excluding hydrogens is 439 g/mol. The van der Waals surface area contributed by atoms with Crippen molar-refractivity contribution in [2.45, 2.75) is 12.8 Å². The number of hydrogen-bond acceptors (Lipinski definition) is 4. The van der Waals surface area contributed by atoms with Crippen LogP contribution in [-0.4, -0.2) is 96.7 Å². The molecule has 2 fully saturated rings. The lowest BCUT2D eigenvalue weighted by atomic mass is 10.2. The molecule has 0 spiro atoms. The van der Waals surface area contributed by atoms with Crippen molar-refractivity contribution < 1.29 is 14.4 Å². The van der Waals surface area contributed by atoms with Crippen LogP contribution in [0, 0.1) is 0 Å². The van der Waals surface area contributed by atoms with E-state index in [1.807, 2.05) is 11.9 Å². The third-order valence-corrected chi connectivity index (χ3v) is 6.44. The van der Waals surface area contributed by atoms with Gasteiger partial charge in [-0.15, -0.1) is 0 Å². The predicted molar refractivity (Wildman–Crippen MR) is 122 cm³/mol. The van der Waals surface area contributed by atoms with Crippen LogP contribution in [0.4, 0.5) is 0 Å². The molecule has 0 radical (unpaired) electrons. The number of carbonyl (C=O) groups excluding carboxylic acids is 3. The molecular formula is C22H28Cl2N4O3. The predicted octanol–water partition coefficient (Wildman–Crippen LogP) is 2.23. The third-order valence-electron chi connectivity index (χ3n) is 5.70. The number of likely N-dealkylation sites (N-methyl/N-ethyl adjacent to an activating group) is 1. The van der Waals surface area contributed by atoms with Crippen molar-refractivity contribution in [2.75, 3.05) is 59.4 Å². The van der Waals surface area contributed by atoms with Crippen molar-refractivity contribution in [2.24, 2.45) is 0 Å². The van der Waals surface area contributed by atoms with E-state index < -0.39 is 0 Å². The zero-order valence-corrected chi connectivity index (χ0v) is 19.2. The zero-order chi connectivity index (χ0) is 22.4. The second kappa shape index (κ2) is 11.0. The Hall–Kier alpha value is -2.09. The van der Waals surface area contributed by atoms with E-state index in [0.717, 1.165) is 31.6 Å². The Labute approximate surface area is 193 Å². The van der Waals surface area contributed by atoms with Crippen LogP contribution in [0.15, 0.2) is 24.3 Å². The summed E-state index contributed by atoms with van der Waals surface area (Å²) >= 11 is 11.9. The number of carbonyl (C=O) groups is 3. The van der Waals surface area contributed by atoms with Crippen LogP contribution in [0.3, 0.4) is 0 Å². The lowest BCUT2D eigenvalue weighted by Crippen LogP contribution is -2.49. The molecule has 0 unspecified atom stereocenters. The number of amides is 3. The fraction of sp³-hybridized carbons (Fsp3) is 0.500. The van der Waals surface area contributed by atoms with Gasteiger partial charge in [-0.2, -0.15) is 0 Å².